The summed E-state index contributed by atoms with van der Waals surface area (Å²) in [5, 5.41) is 0. The van der Waals surface area contributed by atoms with Crippen molar-refractivity contribution in [1.82, 2.24) is 0 Å². The molecule has 0 heterocycles. The van der Waals surface area contributed by atoms with Gasteiger partial charge < -0.3 is 12.4 Å². The Kier molecular flexibility index (Phi) is 20.1. The fourth-order valence-electron chi connectivity index (χ4n) is 7.95. The molecule has 6 fully saturated rings. The van der Waals surface area contributed by atoms with Crippen molar-refractivity contribution in [1.29, 1.82) is 0 Å². The van der Waals surface area contributed by atoms with Gasteiger partial charge in [-0.25, -0.2) is 0 Å². The summed E-state index contributed by atoms with van der Waals surface area (Å²) in [5.41, 5.74) is 7.67. The van der Waals surface area contributed by atoms with Crippen LogP contribution in [0.3, 0.4) is 0 Å². The summed E-state index contributed by atoms with van der Waals surface area (Å²) in [5.74, 6) is 0. The van der Waals surface area contributed by atoms with Gasteiger partial charge in [0.15, 0.2) is 0 Å². The minimum Gasteiger partial charge on any atom is -1.00 e. The molecule has 0 unspecified atom stereocenters. The van der Waals surface area contributed by atoms with Crippen molar-refractivity contribution in [2.24, 2.45) is 0 Å². The first-order valence-electron chi connectivity index (χ1n) is 15.9. The Morgan fingerprint density at radius 3 is 0.795 bits per heavy atom. The molecule has 6 rings (SSSR count). The summed E-state index contributed by atoms with van der Waals surface area (Å²) in [7, 11) is 0.290. The molecule has 0 spiro atoms. The Morgan fingerprint density at radius 1 is 0.385 bits per heavy atom. The third-order valence-corrected chi connectivity index (χ3v) is 16.8. The van der Waals surface area contributed by atoms with Crippen LogP contribution in [-0.4, -0.2) is 22.6 Å². The van der Waals surface area contributed by atoms with Crippen LogP contribution in [0.2, 0.25) is 0 Å². The van der Waals surface area contributed by atoms with E-state index < -0.39 is 0 Å². The van der Waals surface area contributed by atoms with E-state index >= 15 is 0 Å². The standard InChI is InChI=1S/2C17H26P.ClH.Fe.Ni/c2*1-3-9-15(10-4-1)18(17-13-7-8-14-17)16-11-5-2-6-12-16;;;/h2*7-8,13-16H,1-6,9-12H2;1H;;/q;;;2*+2/p-1. The van der Waals surface area contributed by atoms with Crippen LogP contribution >= 0.6 is 15.8 Å². The molecule has 0 nitrogen and oxygen atoms in total. The van der Waals surface area contributed by atoms with Crippen LogP contribution in [0.5, 0.6) is 0 Å². The van der Waals surface area contributed by atoms with Crippen LogP contribution in [0.4, 0.5) is 0 Å². The third-order valence-electron chi connectivity index (χ3n) is 9.76. The van der Waals surface area contributed by atoms with Gasteiger partial charge in [0, 0.05) is 11.3 Å². The fourth-order valence-corrected chi connectivity index (χ4v) is 15.5. The summed E-state index contributed by atoms with van der Waals surface area (Å²) >= 11 is 0. The van der Waals surface area contributed by atoms with E-state index in [9.17, 15) is 0 Å². The Balaban J connectivity index is 0.000000254. The summed E-state index contributed by atoms with van der Waals surface area (Å²) in [6.45, 7) is 0. The monoisotopic (exact) mass is 671 g/mol. The topological polar surface area (TPSA) is 0 Å². The number of halogens is 1. The zero-order valence-corrected chi connectivity index (χ0v) is 28.6. The van der Waals surface area contributed by atoms with Crippen LogP contribution < -0.4 is 12.4 Å². The molecule has 0 atom stereocenters. The molecule has 5 heteroatoms. The van der Waals surface area contributed by atoms with Crippen molar-refractivity contribution < 1.29 is 46.0 Å². The largest absolute Gasteiger partial charge is 2.00 e. The van der Waals surface area contributed by atoms with E-state index in [2.05, 4.69) is 51.4 Å². The Hall–Kier alpha value is 2.16. The number of rotatable bonds is 6. The number of hydrogen-bond acceptors (Lipinski definition) is 0. The Labute approximate surface area is 274 Å². The second kappa shape index (κ2) is 21.0. The van der Waals surface area contributed by atoms with Crippen molar-refractivity contribution in [3.63, 3.8) is 0 Å². The van der Waals surface area contributed by atoms with Crippen LogP contribution in [0.1, 0.15) is 128 Å². The van der Waals surface area contributed by atoms with Gasteiger partial charge in [-0.15, -0.1) is 0 Å². The first-order valence-corrected chi connectivity index (χ1v) is 18.9. The van der Waals surface area contributed by atoms with Crippen LogP contribution in [-0.2, 0) is 33.6 Å². The SMILES string of the molecule is [CH]1[CH][CH][C](P(C2CCCCC2)C2CCCCC2)[CH]1.[CH]1[CH][CH][C](P(C2CCCCC2)C2CCCCC2)[CH]1.[Cl-].[Fe+2].[Ni+2]. The van der Waals surface area contributed by atoms with Crippen LogP contribution in [0.15, 0.2) is 0 Å². The van der Waals surface area contributed by atoms with Gasteiger partial charge in [-0.3, -0.25) is 0 Å². The second-order valence-electron chi connectivity index (χ2n) is 12.3. The molecule has 0 N–H and O–H groups in total. The maximum Gasteiger partial charge on any atom is 2.00 e. The van der Waals surface area contributed by atoms with E-state index in [4.69, 9.17) is 0 Å². The van der Waals surface area contributed by atoms with Gasteiger partial charge in [0.2, 0.25) is 0 Å². The first-order chi connectivity index (χ1) is 17.9. The second-order valence-corrected chi connectivity index (χ2v) is 17.9. The summed E-state index contributed by atoms with van der Waals surface area (Å²) in [4.78, 5) is 0. The molecule has 39 heavy (non-hydrogen) atoms. The number of hydrogen-bond donors (Lipinski definition) is 0. The summed E-state index contributed by atoms with van der Waals surface area (Å²) in [6.07, 6.45) is 48.9. The van der Waals surface area contributed by atoms with Gasteiger partial charge in [0.1, 0.15) is 0 Å². The third kappa shape index (κ3) is 11.2. The predicted octanol–water partition coefficient (Wildman–Crippen LogP) is 7.99. The van der Waals surface area contributed by atoms with Crippen LogP contribution in [0, 0.1) is 62.7 Å². The Bertz CT molecular complexity index is 500. The average molecular weight is 673 g/mol. The van der Waals surface area contributed by atoms with Crippen molar-refractivity contribution in [3.05, 3.63) is 62.7 Å². The smallest absolute Gasteiger partial charge is 1.00 e. The zero-order chi connectivity index (χ0) is 24.4. The molecule has 0 amide bonds. The maximum atomic E-state index is 2.43. The van der Waals surface area contributed by atoms with Gasteiger partial charge in [-0.1, -0.05) is 92.9 Å². The van der Waals surface area contributed by atoms with Gasteiger partial charge >= 0.3 is 33.6 Å². The molecule has 6 aliphatic carbocycles. The fraction of sp³-hybridized carbons (Fsp3) is 0.706. The molecule has 0 aliphatic heterocycles. The van der Waals surface area contributed by atoms with Gasteiger partial charge in [-0.2, -0.15) is 0 Å². The molecule has 0 aromatic rings. The van der Waals surface area contributed by atoms with Crippen molar-refractivity contribution in [3.8, 4) is 0 Å². The van der Waals surface area contributed by atoms with Gasteiger partial charge in [-0.05, 0) is 125 Å². The first kappa shape index (κ1) is 37.4. The van der Waals surface area contributed by atoms with Crippen molar-refractivity contribution in [2.45, 2.75) is 151 Å². The molecule has 10 radical (unpaired) electrons. The predicted molar refractivity (Wildman–Crippen MR) is 162 cm³/mol. The van der Waals surface area contributed by atoms with Gasteiger partial charge in [0.25, 0.3) is 0 Å². The molecule has 0 aromatic heterocycles. The van der Waals surface area contributed by atoms with E-state index in [0.717, 1.165) is 22.6 Å². The molecular weight excluding hydrogens is 620 g/mol. The molecule has 220 valence electrons. The average Bonchev–Trinajstić information content (AvgIpc) is 3.68. The zero-order valence-electron chi connectivity index (χ0n) is 24.0. The van der Waals surface area contributed by atoms with E-state index in [0.29, 0.717) is 0 Å². The minimum absolute atomic E-state index is 0. The summed E-state index contributed by atoms with van der Waals surface area (Å²) in [6, 6.07) is 0. The maximum absolute atomic E-state index is 2.43. The molecule has 0 bridgehead atoms. The minimum atomic E-state index is 0. The molecule has 0 saturated heterocycles. The van der Waals surface area contributed by atoms with Crippen LogP contribution in [0.25, 0.3) is 0 Å². The molecule has 6 saturated carbocycles. The Morgan fingerprint density at radius 2 is 0.590 bits per heavy atom. The molecular formula is C34H52ClFeNiP2+3. The van der Waals surface area contributed by atoms with E-state index in [1.807, 2.05) is 0 Å². The summed E-state index contributed by atoms with van der Waals surface area (Å²) < 4.78 is 0. The van der Waals surface area contributed by atoms with E-state index in [1.54, 1.807) is 11.3 Å². The van der Waals surface area contributed by atoms with Crippen molar-refractivity contribution in [2.75, 3.05) is 0 Å². The normalized spacial score (nSPS) is 26.9. The molecule has 6 aliphatic rings. The quantitative estimate of drug-likeness (QED) is 0.198. The van der Waals surface area contributed by atoms with E-state index in [-0.39, 0.29) is 61.8 Å². The van der Waals surface area contributed by atoms with Crippen molar-refractivity contribution >= 4 is 15.8 Å². The van der Waals surface area contributed by atoms with E-state index in [1.165, 1.54) is 128 Å². The van der Waals surface area contributed by atoms with Gasteiger partial charge in [0.05, 0.1) is 0 Å². The molecule has 0 aromatic carbocycles.